The summed E-state index contributed by atoms with van der Waals surface area (Å²) in [5.74, 6) is 0.612. The highest BCUT2D eigenvalue weighted by Gasteiger charge is 2.16. The van der Waals surface area contributed by atoms with E-state index in [-0.39, 0.29) is 11.9 Å². The fourth-order valence-corrected chi connectivity index (χ4v) is 3.08. The third-order valence-electron chi connectivity index (χ3n) is 3.60. The molecule has 0 radical (unpaired) electrons. The minimum absolute atomic E-state index is 0.148. The van der Waals surface area contributed by atoms with E-state index in [1.54, 1.807) is 11.8 Å². The smallest absolute Gasteiger partial charge is 0.232 e. The number of rotatable bonds is 6. The van der Waals surface area contributed by atoms with Crippen LogP contribution in [0.1, 0.15) is 12.5 Å². The quantitative estimate of drug-likeness (QED) is 0.724. The lowest BCUT2D eigenvalue weighted by atomic mass is 10.1. The average Bonchev–Trinajstić information content (AvgIpc) is 2.55. The first-order valence-corrected chi connectivity index (χ1v) is 8.60. The Kier molecular flexibility index (Phi) is 6.34. The number of hydrogen-bond acceptors (Lipinski definition) is 2. The molecule has 1 amide bonds. The van der Waals surface area contributed by atoms with Crippen LogP contribution in [-0.4, -0.2) is 29.6 Å². The van der Waals surface area contributed by atoms with Crippen LogP contribution in [0.15, 0.2) is 59.5 Å². The second-order valence-electron chi connectivity index (χ2n) is 5.29. The third kappa shape index (κ3) is 5.08. The van der Waals surface area contributed by atoms with Crippen LogP contribution < -0.4 is 0 Å². The number of halogens is 1. The number of amides is 1. The summed E-state index contributed by atoms with van der Waals surface area (Å²) < 4.78 is 0. The van der Waals surface area contributed by atoms with Crippen molar-refractivity contribution in [2.75, 3.05) is 12.8 Å². The largest absolute Gasteiger partial charge is 0.342 e. The van der Waals surface area contributed by atoms with Crippen molar-refractivity contribution in [1.29, 1.82) is 0 Å². The molecular formula is C18H20ClNOS. The number of nitrogens with zero attached hydrogens (tertiary/aromatic N) is 1. The molecule has 0 aliphatic rings. The number of likely N-dealkylation sites (N-methyl/N-ethyl adjacent to an activating group) is 1. The van der Waals surface area contributed by atoms with Crippen molar-refractivity contribution in [2.24, 2.45) is 0 Å². The molecule has 1 atom stereocenters. The maximum Gasteiger partial charge on any atom is 0.232 e. The Morgan fingerprint density at radius 1 is 1.14 bits per heavy atom. The van der Waals surface area contributed by atoms with E-state index in [9.17, 15) is 4.79 Å². The Morgan fingerprint density at radius 2 is 1.77 bits per heavy atom. The Morgan fingerprint density at radius 3 is 2.41 bits per heavy atom. The molecule has 2 aromatic carbocycles. The van der Waals surface area contributed by atoms with Crippen molar-refractivity contribution in [3.63, 3.8) is 0 Å². The summed E-state index contributed by atoms with van der Waals surface area (Å²) >= 11 is 7.47. The highest BCUT2D eigenvalue weighted by atomic mass is 35.5. The van der Waals surface area contributed by atoms with E-state index in [4.69, 9.17) is 11.6 Å². The molecule has 0 aromatic heterocycles. The van der Waals surface area contributed by atoms with Crippen molar-refractivity contribution in [3.05, 3.63) is 65.2 Å². The molecule has 0 bridgehead atoms. The highest BCUT2D eigenvalue weighted by Crippen LogP contribution is 2.18. The predicted molar refractivity (Wildman–Crippen MR) is 94.6 cm³/mol. The minimum Gasteiger partial charge on any atom is -0.342 e. The van der Waals surface area contributed by atoms with E-state index >= 15 is 0 Å². The van der Waals surface area contributed by atoms with Crippen LogP contribution in [0.2, 0.25) is 5.02 Å². The van der Waals surface area contributed by atoms with Gasteiger partial charge >= 0.3 is 0 Å². The van der Waals surface area contributed by atoms with Gasteiger partial charge in [-0.15, -0.1) is 11.8 Å². The van der Waals surface area contributed by atoms with Gasteiger partial charge in [-0.1, -0.05) is 41.9 Å². The molecule has 1 unspecified atom stereocenters. The third-order valence-corrected chi connectivity index (χ3v) is 4.85. The lowest BCUT2D eigenvalue weighted by Gasteiger charge is -2.25. The molecule has 0 aliphatic heterocycles. The van der Waals surface area contributed by atoms with Gasteiger partial charge in [0.25, 0.3) is 0 Å². The number of thioether (sulfide) groups is 1. The van der Waals surface area contributed by atoms with Gasteiger partial charge in [0.15, 0.2) is 0 Å². The van der Waals surface area contributed by atoms with Gasteiger partial charge in [-0.2, -0.15) is 0 Å². The molecule has 0 spiro atoms. The van der Waals surface area contributed by atoms with Gasteiger partial charge in [0.05, 0.1) is 5.75 Å². The van der Waals surface area contributed by atoms with Gasteiger partial charge in [-0.3, -0.25) is 4.79 Å². The van der Waals surface area contributed by atoms with Crippen LogP contribution in [0.4, 0.5) is 0 Å². The summed E-state index contributed by atoms with van der Waals surface area (Å²) in [6.45, 7) is 2.07. The fourth-order valence-electron chi connectivity index (χ4n) is 2.11. The fraction of sp³-hybridized carbons (Fsp3) is 0.278. The molecule has 0 N–H and O–H groups in total. The molecule has 2 aromatic rings. The Balaban J connectivity index is 1.85. The first kappa shape index (κ1) is 16.9. The molecule has 0 aliphatic carbocycles. The Hall–Kier alpha value is -1.45. The van der Waals surface area contributed by atoms with E-state index in [0.717, 1.165) is 16.3 Å². The van der Waals surface area contributed by atoms with E-state index < -0.39 is 0 Å². The first-order valence-electron chi connectivity index (χ1n) is 7.24. The SMILES string of the molecule is CC(Cc1ccc(Cl)cc1)N(C)C(=O)CSc1ccccc1. The van der Waals surface area contributed by atoms with Crippen molar-refractivity contribution < 1.29 is 4.79 Å². The second-order valence-corrected chi connectivity index (χ2v) is 6.77. The van der Waals surface area contributed by atoms with Gasteiger partial charge in [-0.05, 0) is 43.2 Å². The number of carbonyl (C=O) groups is 1. The van der Waals surface area contributed by atoms with Crippen LogP contribution in [0.3, 0.4) is 0 Å². The van der Waals surface area contributed by atoms with Crippen molar-refractivity contribution in [3.8, 4) is 0 Å². The summed E-state index contributed by atoms with van der Waals surface area (Å²) in [6, 6.07) is 17.9. The molecule has 0 heterocycles. The van der Waals surface area contributed by atoms with Gasteiger partial charge in [0, 0.05) is 23.0 Å². The molecule has 2 rings (SSSR count). The van der Waals surface area contributed by atoms with Gasteiger partial charge in [-0.25, -0.2) is 0 Å². The lowest BCUT2D eigenvalue weighted by Crippen LogP contribution is -2.37. The van der Waals surface area contributed by atoms with Crippen LogP contribution >= 0.6 is 23.4 Å². The molecule has 2 nitrogen and oxygen atoms in total. The van der Waals surface area contributed by atoms with Crippen LogP contribution in [-0.2, 0) is 11.2 Å². The zero-order valence-electron chi connectivity index (χ0n) is 12.8. The molecule has 116 valence electrons. The number of carbonyl (C=O) groups excluding carboxylic acids is 1. The molecule has 4 heteroatoms. The van der Waals surface area contributed by atoms with E-state index in [2.05, 4.69) is 6.92 Å². The van der Waals surface area contributed by atoms with Crippen molar-refractivity contribution in [1.82, 2.24) is 4.90 Å². The molecule has 0 saturated carbocycles. The Labute approximate surface area is 141 Å². The van der Waals surface area contributed by atoms with Crippen molar-refractivity contribution >= 4 is 29.3 Å². The van der Waals surface area contributed by atoms with Gasteiger partial charge in [0.2, 0.25) is 5.91 Å². The first-order chi connectivity index (χ1) is 10.6. The molecular weight excluding hydrogens is 314 g/mol. The maximum atomic E-state index is 12.3. The van der Waals surface area contributed by atoms with Crippen LogP contribution in [0.5, 0.6) is 0 Å². The summed E-state index contributed by atoms with van der Waals surface area (Å²) in [6.07, 6.45) is 0.829. The molecule has 0 saturated heterocycles. The van der Waals surface area contributed by atoms with E-state index in [1.165, 1.54) is 5.56 Å². The van der Waals surface area contributed by atoms with Crippen LogP contribution in [0.25, 0.3) is 0 Å². The van der Waals surface area contributed by atoms with Crippen molar-refractivity contribution in [2.45, 2.75) is 24.3 Å². The standard InChI is InChI=1S/C18H20ClNOS/c1-14(12-15-8-10-16(19)11-9-15)20(2)18(21)13-22-17-6-4-3-5-7-17/h3-11,14H,12-13H2,1-2H3. The van der Waals surface area contributed by atoms with Gasteiger partial charge < -0.3 is 4.90 Å². The lowest BCUT2D eigenvalue weighted by molar-refractivity contribution is -0.128. The molecule has 22 heavy (non-hydrogen) atoms. The van der Waals surface area contributed by atoms with E-state index in [0.29, 0.717) is 5.75 Å². The van der Waals surface area contributed by atoms with Crippen LogP contribution in [0, 0.1) is 0 Å². The molecule has 0 fully saturated rings. The van der Waals surface area contributed by atoms with E-state index in [1.807, 2.05) is 66.5 Å². The summed E-state index contributed by atoms with van der Waals surface area (Å²) in [5.41, 5.74) is 1.19. The monoisotopic (exact) mass is 333 g/mol. The normalized spacial score (nSPS) is 12.0. The summed E-state index contributed by atoms with van der Waals surface area (Å²) in [5, 5.41) is 0.736. The average molecular weight is 334 g/mol. The zero-order chi connectivity index (χ0) is 15.9. The maximum absolute atomic E-state index is 12.3. The highest BCUT2D eigenvalue weighted by molar-refractivity contribution is 8.00. The Bertz CT molecular complexity index is 600. The summed E-state index contributed by atoms with van der Waals surface area (Å²) in [4.78, 5) is 15.2. The second kappa shape index (κ2) is 8.25. The number of benzene rings is 2. The predicted octanol–water partition coefficient (Wildman–Crippen LogP) is 4.52. The number of hydrogen-bond donors (Lipinski definition) is 0. The van der Waals surface area contributed by atoms with Gasteiger partial charge in [0.1, 0.15) is 0 Å². The topological polar surface area (TPSA) is 20.3 Å². The minimum atomic E-state index is 0.148. The zero-order valence-corrected chi connectivity index (χ0v) is 14.4. The summed E-state index contributed by atoms with van der Waals surface area (Å²) in [7, 11) is 1.87.